The van der Waals surface area contributed by atoms with Gasteiger partial charge in [-0.2, -0.15) is 12.6 Å². The Labute approximate surface area is 219 Å². The molecular weight excluding hydrogens is 502 g/mol. The van der Waals surface area contributed by atoms with Crippen LogP contribution in [0.1, 0.15) is 32.3 Å². The molecule has 0 bridgehead atoms. The summed E-state index contributed by atoms with van der Waals surface area (Å²) < 4.78 is 0. The van der Waals surface area contributed by atoms with E-state index in [1.807, 2.05) is 24.3 Å². The number of hydrogen-bond donors (Lipinski definition) is 8. The van der Waals surface area contributed by atoms with Gasteiger partial charge >= 0.3 is 11.9 Å². The number of aromatic amines is 1. The molecule has 0 aliphatic rings. The Kier molecular flexibility index (Phi) is 10.9. The van der Waals surface area contributed by atoms with Gasteiger partial charge in [0.25, 0.3) is 0 Å². The number of carbonyl (C=O) groups is 5. The molecule has 8 N–H and O–H groups in total. The van der Waals surface area contributed by atoms with E-state index in [-0.39, 0.29) is 25.0 Å². The number of benzene rings is 1. The molecule has 1 aromatic carbocycles. The number of carboxylic acids is 2. The molecule has 0 fully saturated rings. The Hall–Kier alpha value is -3.58. The van der Waals surface area contributed by atoms with E-state index >= 15 is 0 Å². The maximum Gasteiger partial charge on any atom is 0.326 e. The van der Waals surface area contributed by atoms with Crippen LogP contribution in [0.2, 0.25) is 0 Å². The number of hydrogen-bond acceptors (Lipinski definition) is 7. The fourth-order valence-corrected chi connectivity index (χ4v) is 3.91. The molecule has 1 aromatic heterocycles. The van der Waals surface area contributed by atoms with Crippen LogP contribution in [-0.4, -0.2) is 74.8 Å². The topological polar surface area (TPSA) is 204 Å². The minimum absolute atomic E-state index is 0.0391. The monoisotopic (exact) mass is 535 g/mol. The molecule has 0 spiro atoms. The van der Waals surface area contributed by atoms with Crippen molar-refractivity contribution in [1.29, 1.82) is 0 Å². The quantitative estimate of drug-likeness (QED) is 0.155. The molecule has 4 atom stereocenters. The second-order valence-corrected chi connectivity index (χ2v) is 9.34. The number of aliphatic carboxylic acids is 2. The van der Waals surface area contributed by atoms with Crippen LogP contribution >= 0.6 is 12.6 Å². The summed E-state index contributed by atoms with van der Waals surface area (Å²) in [5.41, 5.74) is 7.26. The minimum Gasteiger partial charge on any atom is -0.481 e. The molecule has 3 amide bonds. The summed E-state index contributed by atoms with van der Waals surface area (Å²) in [6.45, 7) is 3.29. The number of H-pyrrole nitrogens is 1. The highest BCUT2D eigenvalue weighted by Crippen LogP contribution is 2.19. The maximum absolute atomic E-state index is 13.2. The summed E-state index contributed by atoms with van der Waals surface area (Å²) in [6.07, 6.45) is 1.30. The molecule has 0 aliphatic heterocycles. The number of fused-ring (bicyclic) bond motifs is 1. The lowest BCUT2D eigenvalue weighted by molar-refractivity contribution is -0.143. The number of amides is 3. The summed E-state index contributed by atoms with van der Waals surface area (Å²) in [5, 5.41) is 26.6. The van der Waals surface area contributed by atoms with Crippen LogP contribution in [0.3, 0.4) is 0 Å². The number of thiol groups is 1. The first-order valence-corrected chi connectivity index (χ1v) is 12.3. The van der Waals surface area contributed by atoms with Gasteiger partial charge in [-0.25, -0.2) is 4.79 Å². The Bertz CT molecular complexity index is 1140. The predicted octanol–water partition coefficient (Wildman–Crippen LogP) is 0.0273. The zero-order valence-corrected chi connectivity index (χ0v) is 21.5. The predicted molar refractivity (Wildman–Crippen MR) is 139 cm³/mol. The molecular formula is C24H33N5O7S. The van der Waals surface area contributed by atoms with Crippen LogP contribution in [-0.2, 0) is 30.4 Å². The number of carbonyl (C=O) groups excluding carboxylic acids is 3. The number of nitrogens with one attached hydrogen (secondary N) is 4. The standard InChI is InChI=1S/C24H33N5O7S/c1-12(2)20(24(35)36)29-22(33)17(9-13-10-26-16-6-4-3-5-14(13)16)27-23(34)18(11-37)28-21(32)15(25)7-8-19(30)31/h3-6,10,12,15,17-18,20,26,37H,7-9,11,25H2,1-2H3,(H,27,34)(H,28,32)(H,29,33)(H,30,31)(H,35,36). The van der Waals surface area contributed by atoms with E-state index in [1.54, 1.807) is 20.0 Å². The SMILES string of the molecule is CC(C)C(NC(=O)C(Cc1c[nH]c2ccccc12)NC(=O)C(CS)NC(=O)C(N)CCC(=O)O)C(=O)O. The third-order valence-electron chi connectivity index (χ3n) is 5.78. The molecule has 4 unspecified atom stereocenters. The van der Waals surface area contributed by atoms with Crippen molar-refractivity contribution in [1.82, 2.24) is 20.9 Å². The zero-order chi connectivity index (χ0) is 27.7. The van der Waals surface area contributed by atoms with Gasteiger partial charge in [-0.1, -0.05) is 32.0 Å². The molecule has 0 radical (unpaired) electrons. The average molecular weight is 536 g/mol. The van der Waals surface area contributed by atoms with Crippen molar-refractivity contribution in [2.24, 2.45) is 11.7 Å². The van der Waals surface area contributed by atoms with Gasteiger partial charge in [0.05, 0.1) is 6.04 Å². The van der Waals surface area contributed by atoms with E-state index in [9.17, 15) is 29.1 Å². The van der Waals surface area contributed by atoms with E-state index in [4.69, 9.17) is 10.8 Å². The number of rotatable bonds is 14. The van der Waals surface area contributed by atoms with Crippen LogP contribution < -0.4 is 21.7 Å². The van der Waals surface area contributed by atoms with Gasteiger partial charge in [0.1, 0.15) is 18.1 Å². The van der Waals surface area contributed by atoms with Gasteiger partial charge in [-0.05, 0) is 24.0 Å². The molecule has 2 rings (SSSR count). The van der Waals surface area contributed by atoms with E-state index in [2.05, 4.69) is 33.6 Å². The maximum atomic E-state index is 13.2. The number of para-hydroxylation sites is 1. The van der Waals surface area contributed by atoms with Gasteiger partial charge in [0.15, 0.2) is 0 Å². The third kappa shape index (κ3) is 8.50. The van der Waals surface area contributed by atoms with Gasteiger partial charge in [0.2, 0.25) is 17.7 Å². The average Bonchev–Trinajstić information content (AvgIpc) is 3.25. The number of carboxylic acid groups (broad SMARTS) is 2. The lowest BCUT2D eigenvalue weighted by Gasteiger charge is -2.25. The third-order valence-corrected chi connectivity index (χ3v) is 6.15. The first-order valence-electron chi connectivity index (χ1n) is 11.7. The summed E-state index contributed by atoms with van der Waals surface area (Å²) in [4.78, 5) is 64.0. The van der Waals surface area contributed by atoms with Gasteiger partial charge in [0, 0.05) is 35.7 Å². The van der Waals surface area contributed by atoms with Crippen molar-refractivity contribution in [3.8, 4) is 0 Å². The molecule has 12 nitrogen and oxygen atoms in total. The summed E-state index contributed by atoms with van der Waals surface area (Å²) >= 11 is 4.11. The van der Waals surface area contributed by atoms with E-state index in [0.29, 0.717) is 0 Å². The molecule has 202 valence electrons. The first-order chi connectivity index (χ1) is 17.4. The molecule has 13 heteroatoms. The van der Waals surface area contributed by atoms with Gasteiger partial charge in [-0.3, -0.25) is 19.2 Å². The van der Waals surface area contributed by atoms with Gasteiger partial charge in [-0.15, -0.1) is 0 Å². The molecule has 2 aromatic rings. The van der Waals surface area contributed by atoms with Crippen LogP contribution in [0, 0.1) is 5.92 Å². The smallest absolute Gasteiger partial charge is 0.326 e. The highest BCUT2D eigenvalue weighted by molar-refractivity contribution is 7.80. The van der Waals surface area contributed by atoms with Gasteiger partial charge < -0.3 is 36.9 Å². The Morgan fingerprint density at radius 2 is 1.59 bits per heavy atom. The fourth-order valence-electron chi connectivity index (χ4n) is 3.65. The van der Waals surface area contributed by atoms with Crippen LogP contribution in [0.15, 0.2) is 30.5 Å². The highest BCUT2D eigenvalue weighted by atomic mass is 32.1. The fraction of sp³-hybridized carbons (Fsp3) is 0.458. The summed E-state index contributed by atoms with van der Waals surface area (Å²) in [5.74, 6) is -5.04. The Morgan fingerprint density at radius 3 is 2.19 bits per heavy atom. The highest BCUT2D eigenvalue weighted by Gasteiger charge is 2.31. The van der Waals surface area contributed by atoms with Crippen molar-refractivity contribution in [3.63, 3.8) is 0 Å². The Morgan fingerprint density at radius 1 is 0.973 bits per heavy atom. The lowest BCUT2D eigenvalue weighted by atomic mass is 10.0. The van der Waals surface area contributed by atoms with E-state index < -0.39 is 59.7 Å². The van der Waals surface area contributed by atoms with Crippen LogP contribution in [0.4, 0.5) is 0 Å². The second-order valence-electron chi connectivity index (χ2n) is 8.98. The van der Waals surface area contributed by atoms with E-state index in [0.717, 1.165) is 16.5 Å². The van der Waals surface area contributed by atoms with Crippen molar-refractivity contribution in [3.05, 3.63) is 36.0 Å². The Balaban J connectivity index is 2.23. The van der Waals surface area contributed by atoms with Crippen LogP contribution in [0.5, 0.6) is 0 Å². The normalized spacial score (nSPS) is 14.4. The van der Waals surface area contributed by atoms with Crippen molar-refractivity contribution < 1.29 is 34.2 Å². The van der Waals surface area contributed by atoms with Crippen molar-refractivity contribution >= 4 is 53.2 Å². The number of nitrogens with two attached hydrogens (primary N) is 1. The van der Waals surface area contributed by atoms with E-state index in [1.165, 1.54) is 0 Å². The second kappa shape index (κ2) is 13.7. The molecule has 1 heterocycles. The van der Waals surface area contributed by atoms with Crippen molar-refractivity contribution in [2.75, 3.05) is 5.75 Å². The lowest BCUT2D eigenvalue weighted by Crippen LogP contribution is -2.58. The van der Waals surface area contributed by atoms with Crippen LogP contribution in [0.25, 0.3) is 10.9 Å². The summed E-state index contributed by atoms with van der Waals surface area (Å²) in [6, 6.07) is 2.69. The largest absolute Gasteiger partial charge is 0.481 e. The molecule has 0 saturated carbocycles. The molecule has 37 heavy (non-hydrogen) atoms. The minimum atomic E-state index is -1.21. The molecule has 0 saturated heterocycles. The van der Waals surface area contributed by atoms with Crippen molar-refractivity contribution in [2.45, 2.75) is 57.3 Å². The number of aromatic nitrogens is 1. The zero-order valence-electron chi connectivity index (χ0n) is 20.6. The first kappa shape index (κ1) is 29.6. The summed E-state index contributed by atoms with van der Waals surface area (Å²) in [7, 11) is 0. The molecule has 0 aliphatic carbocycles.